The second-order valence-electron chi connectivity index (χ2n) is 12.0. The first-order valence-electron chi connectivity index (χ1n) is 14.9. The van der Waals surface area contributed by atoms with Crippen molar-refractivity contribution < 1.29 is 89.0 Å². The summed E-state index contributed by atoms with van der Waals surface area (Å²) >= 11 is 0. The summed E-state index contributed by atoms with van der Waals surface area (Å²) in [6.07, 6.45) is -12.1. The van der Waals surface area contributed by atoms with Crippen LogP contribution in [0.25, 0.3) is 0 Å². The highest BCUT2D eigenvalue weighted by molar-refractivity contribution is 5.78. The van der Waals surface area contributed by atoms with Gasteiger partial charge in [-0.05, 0) is 36.5 Å². The first-order chi connectivity index (χ1) is 23.9. The lowest BCUT2D eigenvalue weighted by Gasteiger charge is -2.42. The molecule has 0 aromatic heterocycles. The van der Waals surface area contributed by atoms with E-state index in [1.54, 1.807) is 37.3 Å². The van der Waals surface area contributed by atoms with Gasteiger partial charge in [0.2, 0.25) is 5.91 Å². The highest BCUT2D eigenvalue weighted by Crippen LogP contribution is 2.64. The van der Waals surface area contributed by atoms with Crippen LogP contribution in [0.3, 0.4) is 0 Å². The Morgan fingerprint density at radius 2 is 1.08 bits per heavy atom. The Hall–Kier alpha value is -3.85. The molecule has 0 spiro atoms. The van der Waals surface area contributed by atoms with Crippen molar-refractivity contribution in [1.29, 1.82) is 0 Å². The number of aryl methyl sites for hydroxylation is 1. The number of halogens is 17. The number of alkyl halides is 17. The molecule has 300 valence electrons. The van der Waals surface area contributed by atoms with Crippen LogP contribution in [-0.4, -0.2) is 71.6 Å². The van der Waals surface area contributed by atoms with Gasteiger partial charge in [-0.3, -0.25) is 9.59 Å². The molecule has 0 aliphatic heterocycles. The number of hydrogen-bond acceptors (Lipinski definition) is 4. The summed E-state index contributed by atoms with van der Waals surface area (Å²) in [5.41, 5.74) is 6.00. The molecule has 3 N–H and O–H groups in total. The fourth-order valence-electron chi connectivity index (χ4n) is 4.53. The van der Waals surface area contributed by atoms with E-state index in [-0.39, 0.29) is 24.8 Å². The zero-order chi connectivity index (χ0) is 41.1. The molecule has 2 atom stereocenters. The predicted molar refractivity (Wildman–Crippen MR) is 150 cm³/mol. The van der Waals surface area contributed by atoms with Crippen LogP contribution in [0.15, 0.2) is 54.6 Å². The second kappa shape index (κ2) is 15.9. The Balaban J connectivity index is 2.13. The number of carbonyl (C=O) groups excluding carboxylic acids is 2. The third-order valence-electron chi connectivity index (χ3n) is 7.55. The number of nitrogens with two attached hydrogens (primary N) is 1. The number of hydrogen-bond donors (Lipinski definition) is 2. The van der Waals surface area contributed by atoms with Crippen molar-refractivity contribution >= 4 is 11.9 Å². The van der Waals surface area contributed by atoms with E-state index in [1.807, 2.05) is 0 Å². The van der Waals surface area contributed by atoms with E-state index in [9.17, 15) is 84.2 Å². The van der Waals surface area contributed by atoms with E-state index in [0.717, 1.165) is 29.8 Å². The molecule has 5 nitrogen and oxygen atoms in total. The molecule has 1 amide bonds. The Kier molecular flexibility index (Phi) is 13.6. The smallest absolute Gasteiger partial charge is 0.460 e. The predicted octanol–water partition coefficient (Wildman–Crippen LogP) is 8.53. The van der Waals surface area contributed by atoms with E-state index >= 15 is 0 Å². The normalized spacial score (nSPS) is 15.2. The van der Waals surface area contributed by atoms with Gasteiger partial charge in [-0.2, -0.15) is 74.6 Å². The summed E-state index contributed by atoms with van der Waals surface area (Å²) in [4.78, 5) is 24.7. The number of nitrogens with one attached hydrogen (secondary N) is 1. The van der Waals surface area contributed by atoms with Gasteiger partial charge < -0.3 is 15.8 Å². The van der Waals surface area contributed by atoms with Crippen molar-refractivity contribution in [3.05, 3.63) is 71.3 Å². The lowest BCUT2D eigenvalue weighted by Crippen LogP contribution is -2.74. The van der Waals surface area contributed by atoms with Gasteiger partial charge in [-0.15, -0.1) is 0 Å². The van der Waals surface area contributed by atoms with Crippen LogP contribution in [0.5, 0.6) is 0 Å². The summed E-state index contributed by atoms with van der Waals surface area (Å²) < 4.78 is 234. The Morgan fingerprint density at radius 1 is 0.623 bits per heavy atom. The molecule has 53 heavy (non-hydrogen) atoms. The van der Waals surface area contributed by atoms with Gasteiger partial charge >= 0.3 is 53.6 Å². The number of amides is 1. The standard InChI is InChI=1S/C31H29F17N2O3/c1-17(49)13-22(51)50-21(14-19-5-3-2-4-6-19)15-23(52)53-16-20-9-7-18(8-10-20)11-12-24(32,33)25(34,35)26(36,37)27(38,39)28(40,41)29(42,43)30(44,45)31(46,47)48/h2-10,17,21H,11-16,49H2,1H3,(H,50,51)/t17-,21+/m1/s1. The average Bonchev–Trinajstić information content (AvgIpc) is 3.02. The van der Waals surface area contributed by atoms with E-state index < -0.39 is 96.6 Å². The van der Waals surface area contributed by atoms with Gasteiger partial charge in [-0.1, -0.05) is 54.6 Å². The summed E-state index contributed by atoms with van der Waals surface area (Å²) in [5.74, 6) is -58.0. The Bertz CT molecular complexity index is 1530. The number of carbonyl (C=O) groups is 2. The molecule has 0 saturated heterocycles. The Labute approximate surface area is 289 Å². The highest BCUT2D eigenvalue weighted by Gasteiger charge is 2.95. The van der Waals surface area contributed by atoms with Crippen LogP contribution in [0.4, 0.5) is 74.6 Å². The average molecular weight is 801 g/mol. The molecule has 0 fully saturated rings. The third kappa shape index (κ3) is 9.45. The maximum absolute atomic E-state index is 14.3. The molecule has 0 saturated carbocycles. The van der Waals surface area contributed by atoms with Crippen LogP contribution in [0.1, 0.15) is 42.9 Å². The van der Waals surface area contributed by atoms with Crippen molar-refractivity contribution in [2.75, 3.05) is 0 Å². The van der Waals surface area contributed by atoms with E-state index in [0.29, 0.717) is 0 Å². The van der Waals surface area contributed by atoms with Gasteiger partial charge in [0.1, 0.15) is 6.61 Å². The van der Waals surface area contributed by atoms with Crippen LogP contribution < -0.4 is 11.1 Å². The lowest BCUT2D eigenvalue weighted by molar-refractivity contribution is -0.461. The van der Waals surface area contributed by atoms with Gasteiger partial charge in [-0.25, -0.2) is 0 Å². The maximum atomic E-state index is 14.3. The van der Waals surface area contributed by atoms with E-state index in [4.69, 9.17) is 10.5 Å². The van der Waals surface area contributed by atoms with Crippen LogP contribution in [0, 0.1) is 0 Å². The molecule has 2 aromatic carbocycles. The summed E-state index contributed by atoms with van der Waals surface area (Å²) in [6, 6.07) is 11.1. The molecule has 0 aliphatic rings. The summed E-state index contributed by atoms with van der Waals surface area (Å²) in [6.45, 7) is 1.07. The number of ether oxygens (including phenoxy) is 1. The molecule has 0 heterocycles. The molecular weight excluding hydrogens is 771 g/mol. The van der Waals surface area contributed by atoms with E-state index in [2.05, 4.69) is 5.32 Å². The van der Waals surface area contributed by atoms with Crippen LogP contribution in [0.2, 0.25) is 0 Å². The molecule has 22 heteroatoms. The maximum Gasteiger partial charge on any atom is 0.460 e. The minimum atomic E-state index is -8.68. The SMILES string of the molecule is C[C@@H](N)CC(=O)N[C@H](CC(=O)OCc1ccc(CCC(F)(F)C(F)(F)C(F)(F)C(F)(F)C(F)(F)C(F)(F)C(F)(F)C(F)(F)F)cc1)Cc1ccccc1. The molecular formula is C31H29F17N2O3. The van der Waals surface area contributed by atoms with E-state index in [1.165, 1.54) is 0 Å². The van der Waals surface area contributed by atoms with Gasteiger partial charge in [0.15, 0.2) is 0 Å². The molecule has 2 aromatic rings. The zero-order valence-electron chi connectivity index (χ0n) is 26.8. The number of esters is 1. The molecule has 0 aliphatic carbocycles. The van der Waals surface area contributed by atoms with Crippen LogP contribution in [-0.2, 0) is 33.8 Å². The van der Waals surface area contributed by atoms with Crippen molar-refractivity contribution in [3.63, 3.8) is 0 Å². The first-order valence-corrected chi connectivity index (χ1v) is 14.9. The minimum absolute atomic E-state index is 0.0626. The van der Waals surface area contributed by atoms with Crippen molar-refractivity contribution in [2.24, 2.45) is 5.73 Å². The van der Waals surface area contributed by atoms with Gasteiger partial charge in [0, 0.05) is 24.9 Å². The van der Waals surface area contributed by atoms with Crippen molar-refractivity contribution in [2.45, 2.75) is 105 Å². The molecule has 0 bridgehead atoms. The summed E-state index contributed by atoms with van der Waals surface area (Å²) in [5, 5.41) is 2.65. The van der Waals surface area contributed by atoms with Gasteiger partial charge in [0.25, 0.3) is 0 Å². The fourth-order valence-corrected chi connectivity index (χ4v) is 4.53. The number of rotatable bonds is 18. The van der Waals surface area contributed by atoms with Crippen LogP contribution >= 0.6 is 0 Å². The first kappa shape index (κ1) is 45.3. The quantitative estimate of drug-likeness (QED) is 0.117. The third-order valence-corrected chi connectivity index (χ3v) is 7.55. The topological polar surface area (TPSA) is 81.4 Å². The fraction of sp³-hybridized carbons (Fsp3) is 0.548. The Morgan fingerprint density at radius 3 is 1.55 bits per heavy atom. The monoisotopic (exact) mass is 800 g/mol. The zero-order valence-corrected chi connectivity index (χ0v) is 26.8. The summed E-state index contributed by atoms with van der Waals surface area (Å²) in [7, 11) is 0. The van der Waals surface area contributed by atoms with Crippen molar-refractivity contribution in [1.82, 2.24) is 5.32 Å². The molecule has 2 rings (SSSR count). The minimum Gasteiger partial charge on any atom is -0.461 e. The van der Waals surface area contributed by atoms with Gasteiger partial charge in [0.05, 0.1) is 6.42 Å². The molecule has 0 unspecified atom stereocenters. The number of benzene rings is 2. The highest BCUT2D eigenvalue weighted by atomic mass is 19.4. The lowest BCUT2D eigenvalue weighted by atomic mass is 9.87. The molecule has 0 radical (unpaired) electrons. The largest absolute Gasteiger partial charge is 0.461 e. The second-order valence-corrected chi connectivity index (χ2v) is 12.0. The van der Waals surface area contributed by atoms with Crippen molar-refractivity contribution in [3.8, 4) is 0 Å².